The van der Waals surface area contributed by atoms with Gasteiger partial charge < -0.3 is 14.7 Å². The summed E-state index contributed by atoms with van der Waals surface area (Å²) in [7, 11) is 0. The van der Waals surface area contributed by atoms with Gasteiger partial charge in [-0.1, -0.05) is 12.1 Å². The van der Waals surface area contributed by atoms with Crippen molar-refractivity contribution in [2.24, 2.45) is 11.8 Å². The lowest BCUT2D eigenvalue weighted by Gasteiger charge is -2.31. The Bertz CT molecular complexity index is 831. The second-order valence-corrected chi connectivity index (χ2v) is 8.69. The molecule has 2 aromatic rings. The number of nitrogens with one attached hydrogen (secondary N) is 2. The summed E-state index contributed by atoms with van der Waals surface area (Å²) in [4.78, 5) is 19.6. The molecule has 8 heteroatoms. The zero-order valence-electron chi connectivity index (χ0n) is 16.4. The molecule has 1 amide bonds. The Morgan fingerprint density at radius 2 is 2.14 bits per heavy atom. The third-order valence-electron chi connectivity index (χ3n) is 6.66. The highest BCUT2D eigenvalue weighted by atomic mass is 16.5. The van der Waals surface area contributed by atoms with E-state index in [-0.39, 0.29) is 5.91 Å². The fourth-order valence-electron chi connectivity index (χ4n) is 4.62. The molecule has 150 valence electrons. The Kier molecular flexibility index (Phi) is 4.66. The van der Waals surface area contributed by atoms with Gasteiger partial charge in [-0.2, -0.15) is 10.1 Å². The molecule has 2 saturated heterocycles. The minimum atomic E-state index is 0.108. The minimum Gasteiger partial charge on any atom is -0.339 e. The zero-order chi connectivity index (χ0) is 19.1. The van der Waals surface area contributed by atoms with Gasteiger partial charge in [-0.05, 0) is 44.1 Å². The number of carbonyl (C=O) groups is 1. The van der Waals surface area contributed by atoms with Gasteiger partial charge in [0.15, 0.2) is 5.82 Å². The van der Waals surface area contributed by atoms with Gasteiger partial charge in [-0.15, -0.1) is 0 Å². The van der Waals surface area contributed by atoms with Crippen LogP contribution in [0.25, 0.3) is 0 Å². The molecule has 3 aliphatic rings. The number of carbonyl (C=O) groups excluding carboxylic acids is 1. The van der Waals surface area contributed by atoms with Crippen LogP contribution in [0.2, 0.25) is 0 Å². The normalized spacial score (nSPS) is 28.0. The maximum Gasteiger partial charge on any atom is 0.257 e. The number of hydrogen-bond acceptors (Lipinski definition) is 6. The third kappa shape index (κ3) is 3.45. The highest BCUT2D eigenvalue weighted by molar-refractivity contribution is 5.95. The molecule has 3 atom stereocenters. The van der Waals surface area contributed by atoms with Crippen molar-refractivity contribution in [1.82, 2.24) is 30.6 Å². The predicted octanol–water partition coefficient (Wildman–Crippen LogP) is 2.09. The van der Waals surface area contributed by atoms with Crippen molar-refractivity contribution in [3.05, 3.63) is 29.2 Å². The molecule has 2 aromatic heterocycles. The van der Waals surface area contributed by atoms with E-state index < -0.39 is 0 Å². The van der Waals surface area contributed by atoms with E-state index in [9.17, 15) is 4.79 Å². The summed E-state index contributed by atoms with van der Waals surface area (Å²) in [5.74, 6) is 3.78. The maximum absolute atomic E-state index is 13.0. The standard InChI is InChI=1S/C20H28N6O2/c1-12-8-15(12)19-23-17(28-25-19)9-13-3-6-26(7-4-13)20(27)16-11-22-24-18(16)14-2-5-21-10-14/h11-15,21H,2-10H2,1H3,(H,22,24). The van der Waals surface area contributed by atoms with E-state index in [0.29, 0.717) is 23.7 Å². The lowest BCUT2D eigenvalue weighted by molar-refractivity contribution is 0.0686. The number of aromatic nitrogens is 4. The summed E-state index contributed by atoms with van der Waals surface area (Å²) < 4.78 is 5.46. The molecular weight excluding hydrogens is 356 g/mol. The van der Waals surface area contributed by atoms with E-state index in [1.807, 2.05) is 4.90 Å². The number of rotatable bonds is 5. The van der Waals surface area contributed by atoms with Crippen LogP contribution < -0.4 is 5.32 Å². The Balaban J connectivity index is 1.16. The van der Waals surface area contributed by atoms with Crippen molar-refractivity contribution in [2.45, 2.75) is 50.9 Å². The molecule has 8 nitrogen and oxygen atoms in total. The SMILES string of the molecule is CC1CC1c1noc(CC2CCN(C(=O)c3cn[nH]c3C3CCNC3)CC2)n1. The second-order valence-electron chi connectivity index (χ2n) is 8.69. The van der Waals surface area contributed by atoms with Gasteiger partial charge in [-0.3, -0.25) is 9.89 Å². The van der Waals surface area contributed by atoms with E-state index in [1.54, 1.807) is 6.20 Å². The molecule has 0 radical (unpaired) electrons. The molecule has 28 heavy (non-hydrogen) atoms. The molecular formula is C20H28N6O2. The van der Waals surface area contributed by atoms with Crippen LogP contribution in [0.1, 0.15) is 72.2 Å². The Labute approximate surface area is 164 Å². The first-order valence-corrected chi connectivity index (χ1v) is 10.5. The first-order valence-electron chi connectivity index (χ1n) is 10.5. The molecule has 3 fully saturated rings. The molecule has 2 N–H and O–H groups in total. The summed E-state index contributed by atoms with van der Waals surface area (Å²) in [5.41, 5.74) is 1.73. The van der Waals surface area contributed by atoms with Crippen molar-refractivity contribution in [3.63, 3.8) is 0 Å². The lowest BCUT2D eigenvalue weighted by atomic mass is 9.92. The van der Waals surface area contributed by atoms with Crippen LogP contribution in [-0.4, -0.2) is 57.3 Å². The second kappa shape index (κ2) is 7.31. The van der Waals surface area contributed by atoms with E-state index >= 15 is 0 Å². The maximum atomic E-state index is 13.0. The fraction of sp³-hybridized carbons (Fsp3) is 0.700. The topological polar surface area (TPSA) is 99.9 Å². The van der Waals surface area contributed by atoms with Gasteiger partial charge in [0.05, 0.1) is 17.5 Å². The number of nitrogens with zero attached hydrogens (tertiary/aromatic N) is 4. The monoisotopic (exact) mass is 384 g/mol. The van der Waals surface area contributed by atoms with E-state index in [2.05, 4.69) is 32.6 Å². The molecule has 2 aliphatic heterocycles. The highest BCUT2D eigenvalue weighted by Gasteiger charge is 2.38. The quantitative estimate of drug-likeness (QED) is 0.819. The Hall–Kier alpha value is -2.22. The minimum absolute atomic E-state index is 0.108. The number of aromatic amines is 1. The summed E-state index contributed by atoms with van der Waals surface area (Å²) in [5, 5.41) is 14.7. The summed E-state index contributed by atoms with van der Waals surface area (Å²) in [6, 6.07) is 0. The molecule has 5 rings (SSSR count). The molecule has 0 bridgehead atoms. The van der Waals surface area contributed by atoms with Crippen molar-refractivity contribution < 1.29 is 9.32 Å². The zero-order valence-corrected chi connectivity index (χ0v) is 16.4. The summed E-state index contributed by atoms with van der Waals surface area (Å²) in [6.07, 6.45) is 6.69. The van der Waals surface area contributed by atoms with Gasteiger partial charge in [-0.25, -0.2) is 0 Å². The molecule has 0 aromatic carbocycles. The Morgan fingerprint density at radius 3 is 2.86 bits per heavy atom. The molecule has 1 aliphatic carbocycles. The number of amides is 1. The van der Waals surface area contributed by atoms with E-state index in [4.69, 9.17) is 4.52 Å². The van der Waals surface area contributed by atoms with Crippen LogP contribution >= 0.6 is 0 Å². The van der Waals surface area contributed by atoms with Crippen LogP contribution in [0, 0.1) is 11.8 Å². The fourth-order valence-corrected chi connectivity index (χ4v) is 4.62. The van der Waals surface area contributed by atoms with Crippen LogP contribution in [0.15, 0.2) is 10.7 Å². The molecule has 1 saturated carbocycles. The first-order chi connectivity index (χ1) is 13.7. The first kappa shape index (κ1) is 17.8. The van der Waals surface area contributed by atoms with Gasteiger partial charge in [0.25, 0.3) is 5.91 Å². The number of likely N-dealkylation sites (tertiary alicyclic amines) is 1. The van der Waals surface area contributed by atoms with Crippen LogP contribution in [0.3, 0.4) is 0 Å². The number of piperidine rings is 1. The van der Waals surface area contributed by atoms with Gasteiger partial charge in [0.2, 0.25) is 5.89 Å². The summed E-state index contributed by atoms with van der Waals surface area (Å²) >= 11 is 0. The number of hydrogen-bond donors (Lipinski definition) is 2. The average molecular weight is 384 g/mol. The average Bonchev–Trinajstić information content (AvgIpc) is 3.21. The number of H-pyrrole nitrogens is 1. The smallest absolute Gasteiger partial charge is 0.257 e. The summed E-state index contributed by atoms with van der Waals surface area (Å²) in [6.45, 7) is 5.69. The molecule has 0 spiro atoms. The van der Waals surface area contributed by atoms with Crippen molar-refractivity contribution in [2.75, 3.05) is 26.2 Å². The molecule has 3 unspecified atom stereocenters. The third-order valence-corrected chi connectivity index (χ3v) is 6.66. The van der Waals surface area contributed by atoms with E-state index in [1.165, 1.54) is 6.42 Å². The Morgan fingerprint density at radius 1 is 1.32 bits per heavy atom. The van der Waals surface area contributed by atoms with Crippen LogP contribution in [0.5, 0.6) is 0 Å². The van der Waals surface area contributed by atoms with Gasteiger partial charge in [0.1, 0.15) is 0 Å². The lowest BCUT2D eigenvalue weighted by Crippen LogP contribution is -2.39. The van der Waals surface area contributed by atoms with Gasteiger partial charge >= 0.3 is 0 Å². The van der Waals surface area contributed by atoms with E-state index in [0.717, 1.165) is 74.8 Å². The van der Waals surface area contributed by atoms with Crippen molar-refractivity contribution in [1.29, 1.82) is 0 Å². The van der Waals surface area contributed by atoms with Crippen molar-refractivity contribution >= 4 is 5.91 Å². The van der Waals surface area contributed by atoms with Crippen molar-refractivity contribution in [3.8, 4) is 0 Å². The predicted molar refractivity (Wildman–Crippen MR) is 102 cm³/mol. The molecule has 4 heterocycles. The largest absolute Gasteiger partial charge is 0.339 e. The highest BCUT2D eigenvalue weighted by Crippen LogP contribution is 2.45. The van der Waals surface area contributed by atoms with Crippen LogP contribution in [0.4, 0.5) is 0 Å². The van der Waals surface area contributed by atoms with Gasteiger partial charge in [0, 0.05) is 37.9 Å². The van der Waals surface area contributed by atoms with Crippen LogP contribution in [-0.2, 0) is 6.42 Å².